The Morgan fingerprint density at radius 3 is 1.17 bits per heavy atom. The van der Waals surface area contributed by atoms with Crippen LogP contribution in [-0.2, 0) is 5.41 Å². The minimum atomic E-state index is 0.293. The quantitative estimate of drug-likeness (QED) is 0.527. The van der Waals surface area contributed by atoms with Crippen LogP contribution < -0.4 is 4.74 Å². The predicted molar refractivity (Wildman–Crippen MR) is 98.1 cm³/mol. The van der Waals surface area contributed by atoms with Gasteiger partial charge in [-0.15, -0.1) is 0 Å². The highest BCUT2D eigenvalue weighted by Crippen LogP contribution is 2.21. The Kier molecular flexibility index (Phi) is 5.99. The summed E-state index contributed by atoms with van der Waals surface area (Å²) in [6, 6.07) is 30.1. The summed E-state index contributed by atoms with van der Waals surface area (Å²) >= 11 is 0. The van der Waals surface area contributed by atoms with Crippen LogP contribution in [0, 0.1) is 0 Å². The van der Waals surface area contributed by atoms with Crippen LogP contribution in [0.1, 0.15) is 26.3 Å². The van der Waals surface area contributed by atoms with Crippen LogP contribution in [0.4, 0.5) is 0 Å². The van der Waals surface area contributed by atoms with Gasteiger partial charge in [-0.3, -0.25) is 0 Å². The molecule has 3 aromatic rings. The molecule has 0 aliphatic heterocycles. The van der Waals surface area contributed by atoms with Crippen LogP contribution in [-0.4, -0.2) is 0 Å². The zero-order valence-corrected chi connectivity index (χ0v) is 14.1. The Labute approximate surface area is 139 Å². The lowest BCUT2D eigenvalue weighted by Gasteiger charge is -2.18. The summed E-state index contributed by atoms with van der Waals surface area (Å²) in [4.78, 5) is 0. The van der Waals surface area contributed by atoms with Crippen molar-refractivity contribution in [3.63, 3.8) is 0 Å². The summed E-state index contributed by atoms with van der Waals surface area (Å²) < 4.78 is 5.58. The average Bonchev–Trinajstić information content (AvgIpc) is 2.57. The summed E-state index contributed by atoms with van der Waals surface area (Å²) in [6.45, 7) is 6.67. The molecule has 0 amide bonds. The highest BCUT2D eigenvalue weighted by molar-refractivity contribution is 5.30. The van der Waals surface area contributed by atoms with Gasteiger partial charge < -0.3 is 4.74 Å². The van der Waals surface area contributed by atoms with E-state index in [-0.39, 0.29) is 0 Å². The second kappa shape index (κ2) is 8.19. The van der Waals surface area contributed by atoms with E-state index in [0.29, 0.717) is 5.41 Å². The number of ether oxygens (including phenoxy) is 1. The molecule has 0 saturated carbocycles. The average molecular weight is 304 g/mol. The number of hydrogen-bond donors (Lipinski definition) is 0. The zero-order chi connectivity index (χ0) is 16.5. The third-order valence-corrected chi connectivity index (χ3v) is 3.36. The number of hydrogen-bond acceptors (Lipinski definition) is 1. The van der Waals surface area contributed by atoms with E-state index in [2.05, 4.69) is 51.1 Å². The molecule has 0 radical (unpaired) electrons. The highest BCUT2D eigenvalue weighted by Gasteiger charge is 2.11. The molecular formula is C22H24O. The zero-order valence-electron chi connectivity index (χ0n) is 14.1. The first-order valence-electron chi connectivity index (χ1n) is 7.89. The standard InChI is InChI=1S/C12H10O.C10H14/c1-3-7-11(8-4-1)13-12-9-5-2-6-10-12;1-10(2,3)9-7-5-4-6-8-9/h1-10H;4-8H,1-3H3. The molecule has 0 aliphatic rings. The van der Waals surface area contributed by atoms with Crippen LogP contribution in [0.25, 0.3) is 0 Å². The first-order chi connectivity index (χ1) is 11.1. The van der Waals surface area contributed by atoms with Gasteiger partial charge in [-0.25, -0.2) is 0 Å². The second-order valence-electron chi connectivity index (χ2n) is 6.34. The van der Waals surface area contributed by atoms with Crippen LogP contribution in [0.15, 0.2) is 91.0 Å². The molecule has 0 N–H and O–H groups in total. The monoisotopic (exact) mass is 304 g/mol. The van der Waals surface area contributed by atoms with Gasteiger partial charge in [0.1, 0.15) is 11.5 Å². The van der Waals surface area contributed by atoms with E-state index in [1.807, 2.05) is 60.7 Å². The Balaban J connectivity index is 0.000000174. The molecule has 3 aromatic carbocycles. The molecule has 3 rings (SSSR count). The van der Waals surface area contributed by atoms with Crippen molar-refractivity contribution in [1.29, 1.82) is 0 Å². The van der Waals surface area contributed by atoms with Gasteiger partial charge in [0.25, 0.3) is 0 Å². The fraction of sp³-hybridized carbons (Fsp3) is 0.182. The molecule has 0 aliphatic carbocycles. The smallest absolute Gasteiger partial charge is 0.127 e. The Hall–Kier alpha value is -2.54. The summed E-state index contributed by atoms with van der Waals surface area (Å²) in [6.07, 6.45) is 0. The Bertz CT molecular complexity index is 630. The maximum absolute atomic E-state index is 5.58. The maximum atomic E-state index is 5.58. The largest absolute Gasteiger partial charge is 0.457 e. The van der Waals surface area contributed by atoms with Crippen molar-refractivity contribution in [2.45, 2.75) is 26.2 Å². The number of para-hydroxylation sites is 2. The van der Waals surface area contributed by atoms with Gasteiger partial charge in [-0.2, -0.15) is 0 Å². The lowest BCUT2D eigenvalue weighted by Crippen LogP contribution is -2.10. The summed E-state index contributed by atoms with van der Waals surface area (Å²) in [5.74, 6) is 1.74. The first kappa shape index (κ1) is 16.8. The molecule has 1 heteroatoms. The van der Waals surface area contributed by atoms with Crippen molar-refractivity contribution in [1.82, 2.24) is 0 Å². The highest BCUT2D eigenvalue weighted by atomic mass is 16.5. The van der Waals surface area contributed by atoms with Gasteiger partial charge in [0.05, 0.1) is 0 Å². The molecular weight excluding hydrogens is 280 g/mol. The minimum Gasteiger partial charge on any atom is -0.457 e. The fourth-order valence-electron chi connectivity index (χ4n) is 2.05. The molecule has 23 heavy (non-hydrogen) atoms. The van der Waals surface area contributed by atoms with Gasteiger partial charge in [0.2, 0.25) is 0 Å². The molecule has 0 unspecified atom stereocenters. The van der Waals surface area contributed by atoms with Crippen molar-refractivity contribution in [2.24, 2.45) is 0 Å². The molecule has 1 nitrogen and oxygen atoms in total. The third-order valence-electron chi connectivity index (χ3n) is 3.36. The topological polar surface area (TPSA) is 9.23 Å². The van der Waals surface area contributed by atoms with E-state index in [1.54, 1.807) is 0 Å². The number of benzene rings is 3. The predicted octanol–water partition coefficient (Wildman–Crippen LogP) is 6.46. The molecule has 118 valence electrons. The molecule has 0 heterocycles. The van der Waals surface area contributed by atoms with Crippen LogP contribution in [0.5, 0.6) is 11.5 Å². The van der Waals surface area contributed by atoms with E-state index >= 15 is 0 Å². The van der Waals surface area contributed by atoms with Gasteiger partial charge in [0.15, 0.2) is 0 Å². The van der Waals surface area contributed by atoms with E-state index < -0.39 is 0 Å². The maximum Gasteiger partial charge on any atom is 0.127 e. The minimum absolute atomic E-state index is 0.293. The van der Waals surface area contributed by atoms with Crippen molar-refractivity contribution < 1.29 is 4.74 Å². The Morgan fingerprint density at radius 1 is 0.522 bits per heavy atom. The normalized spacial score (nSPS) is 10.4. The SMILES string of the molecule is CC(C)(C)c1ccccc1.c1ccc(Oc2ccccc2)cc1. The molecule has 0 fully saturated rings. The molecule has 0 saturated heterocycles. The lowest BCUT2D eigenvalue weighted by atomic mass is 9.87. The van der Waals surface area contributed by atoms with Crippen molar-refractivity contribution >= 4 is 0 Å². The third kappa shape index (κ3) is 5.99. The number of rotatable bonds is 2. The van der Waals surface area contributed by atoms with E-state index in [4.69, 9.17) is 4.74 Å². The van der Waals surface area contributed by atoms with E-state index in [0.717, 1.165) is 11.5 Å². The fourth-order valence-corrected chi connectivity index (χ4v) is 2.05. The molecule has 0 atom stereocenters. The van der Waals surface area contributed by atoms with Crippen molar-refractivity contribution in [2.75, 3.05) is 0 Å². The first-order valence-corrected chi connectivity index (χ1v) is 7.89. The molecule has 0 aromatic heterocycles. The van der Waals surface area contributed by atoms with Crippen molar-refractivity contribution in [3.8, 4) is 11.5 Å². The van der Waals surface area contributed by atoms with E-state index in [1.165, 1.54) is 5.56 Å². The van der Waals surface area contributed by atoms with E-state index in [9.17, 15) is 0 Å². The van der Waals surface area contributed by atoms with Gasteiger partial charge in [-0.1, -0.05) is 87.5 Å². The summed E-state index contributed by atoms with van der Waals surface area (Å²) in [5, 5.41) is 0. The summed E-state index contributed by atoms with van der Waals surface area (Å²) in [7, 11) is 0. The molecule has 0 bridgehead atoms. The summed E-state index contributed by atoms with van der Waals surface area (Å²) in [5.41, 5.74) is 1.69. The Morgan fingerprint density at radius 2 is 0.870 bits per heavy atom. The van der Waals surface area contributed by atoms with Crippen LogP contribution in [0.2, 0.25) is 0 Å². The van der Waals surface area contributed by atoms with Gasteiger partial charge >= 0.3 is 0 Å². The van der Waals surface area contributed by atoms with Crippen molar-refractivity contribution in [3.05, 3.63) is 96.6 Å². The van der Waals surface area contributed by atoms with Crippen LogP contribution >= 0.6 is 0 Å². The lowest BCUT2D eigenvalue weighted by molar-refractivity contribution is 0.482. The molecule has 0 spiro atoms. The van der Waals surface area contributed by atoms with Gasteiger partial charge in [-0.05, 0) is 35.2 Å². The van der Waals surface area contributed by atoms with Crippen LogP contribution in [0.3, 0.4) is 0 Å². The second-order valence-corrected chi connectivity index (χ2v) is 6.34. The van der Waals surface area contributed by atoms with Gasteiger partial charge in [0, 0.05) is 0 Å².